The summed E-state index contributed by atoms with van der Waals surface area (Å²) in [7, 11) is -3.40. The first-order valence-electron chi connectivity index (χ1n) is 15.5. The molecule has 5 nitrogen and oxygen atoms in total. The number of hydrogen-bond donors (Lipinski definition) is 1. The predicted molar refractivity (Wildman–Crippen MR) is 227 cm³/mol. The number of hydrogen-bond acceptors (Lipinski definition) is 5. The van der Waals surface area contributed by atoms with Gasteiger partial charge in [-0.15, -0.1) is 0 Å². The quantitative estimate of drug-likeness (QED) is 0.234. The van der Waals surface area contributed by atoms with Gasteiger partial charge in [-0.3, -0.25) is 9.36 Å². The zero-order valence-corrected chi connectivity index (χ0v) is 31.8. The van der Waals surface area contributed by atoms with Crippen molar-refractivity contribution in [2.24, 2.45) is 17.3 Å². The fourth-order valence-electron chi connectivity index (χ4n) is 8.28. The molecular formula is C39H61O5PS4. The molecule has 2 aromatic rings. The predicted octanol–water partition coefficient (Wildman–Crippen LogP) is 9.62. The van der Waals surface area contributed by atoms with Gasteiger partial charge in [0.05, 0.1) is 18.5 Å². The lowest BCUT2D eigenvalue weighted by Crippen LogP contribution is -2.51. The Balaban J connectivity index is 0. The number of benzene rings is 2. The number of aliphatic hydroxyl groups is 1. The van der Waals surface area contributed by atoms with E-state index in [1.807, 2.05) is 62.4 Å². The Morgan fingerprint density at radius 3 is 2.08 bits per heavy atom. The van der Waals surface area contributed by atoms with Gasteiger partial charge in [0.2, 0.25) is 0 Å². The molecule has 4 aliphatic carbocycles. The van der Waals surface area contributed by atoms with Gasteiger partial charge in [-0.2, -0.15) is 54.0 Å². The van der Waals surface area contributed by atoms with Crippen LogP contribution in [0.15, 0.2) is 77.4 Å². The van der Waals surface area contributed by atoms with Crippen molar-refractivity contribution in [1.82, 2.24) is 0 Å². The number of fused-ring (bicyclic) bond motifs is 4. The lowest BCUT2D eigenvalue weighted by atomic mass is 9.51. The third kappa shape index (κ3) is 9.18. The van der Waals surface area contributed by atoms with Crippen LogP contribution in [-0.2, 0) is 18.4 Å². The molecule has 0 heterocycles. The summed E-state index contributed by atoms with van der Waals surface area (Å²) < 4.78 is 24.7. The Morgan fingerprint density at radius 2 is 1.49 bits per heavy atom. The average molecular weight is 769 g/mol. The number of rotatable bonds is 6. The molecule has 0 saturated heterocycles. The van der Waals surface area contributed by atoms with Gasteiger partial charge in [-0.25, -0.2) is 0 Å². The molecule has 49 heavy (non-hydrogen) atoms. The largest absolute Gasteiger partial charge is 0.377 e. The summed E-state index contributed by atoms with van der Waals surface area (Å²) in [6.45, 7) is 6.49. The van der Waals surface area contributed by atoms with Crippen LogP contribution in [0.4, 0.5) is 0 Å². The van der Waals surface area contributed by atoms with E-state index in [4.69, 9.17) is 9.05 Å². The van der Waals surface area contributed by atoms with Crippen LogP contribution in [0.3, 0.4) is 0 Å². The van der Waals surface area contributed by atoms with E-state index in [1.54, 1.807) is 0 Å². The van der Waals surface area contributed by atoms with E-state index in [2.05, 4.69) is 30.9 Å². The number of carbonyl (C=O) groups excluding carboxylic acids is 1. The summed E-state index contributed by atoms with van der Waals surface area (Å²) in [6.07, 6.45) is 7.48. The van der Waals surface area contributed by atoms with Gasteiger partial charge in [0.25, 0.3) is 0 Å². The highest BCUT2D eigenvalue weighted by Crippen LogP contribution is 2.66. The van der Waals surface area contributed by atoms with Crippen molar-refractivity contribution in [1.29, 1.82) is 0 Å². The van der Waals surface area contributed by atoms with Gasteiger partial charge < -0.3 is 14.2 Å². The number of allylic oxidation sites excluding steroid dienone is 4. The van der Waals surface area contributed by atoms with E-state index < -0.39 is 18.6 Å². The molecular weight excluding hydrogens is 708 g/mol. The van der Waals surface area contributed by atoms with Crippen LogP contribution in [0.1, 0.15) is 105 Å². The van der Waals surface area contributed by atoms with Crippen LogP contribution >= 0.6 is 61.6 Å². The first-order valence-corrected chi connectivity index (χ1v) is 17.0. The number of ketones is 1. The van der Waals surface area contributed by atoms with Crippen molar-refractivity contribution in [3.05, 3.63) is 88.5 Å². The summed E-state index contributed by atoms with van der Waals surface area (Å²) in [5, 5.41) is 12.8. The molecule has 5 atom stereocenters. The Bertz CT molecular complexity index is 1540. The smallest absolute Gasteiger partial charge is 0.361 e. The molecule has 2 aromatic carbocycles. The summed E-state index contributed by atoms with van der Waals surface area (Å²) in [6, 6.07) is 17.8. The molecule has 2 saturated carbocycles. The molecule has 0 aromatic heterocycles. The summed E-state index contributed by atoms with van der Waals surface area (Å²) in [5.41, 5.74) is 4.57. The van der Waals surface area contributed by atoms with E-state index in [0.29, 0.717) is 43.2 Å². The molecule has 2 fully saturated rings. The van der Waals surface area contributed by atoms with Crippen molar-refractivity contribution < 1.29 is 23.5 Å². The topological polar surface area (TPSA) is 72.8 Å². The molecule has 4 aliphatic rings. The van der Waals surface area contributed by atoms with Crippen LogP contribution in [-0.4, -0.2) is 29.7 Å². The normalized spacial score (nSPS) is 26.2. The zero-order chi connectivity index (χ0) is 29.5. The highest BCUT2D eigenvalue weighted by atomic mass is 32.1. The van der Waals surface area contributed by atoms with Crippen LogP contribution in [0.5, 0.6) is 0 Å². The summed E-state index contributed by atoms with van der Waals surface area (Å²) >= 11 is 0. The maximum Gasteiger partial charge on any atom is 0.361 e. The first-order chi connectivity index (χ1) is 20.2. The maximum absolute atomic E-state index is 13.5. The Hall–Kier alpha value is -1.34. The van der Waals surface area contributed by atoms with Crippen molar-refractivity contribution in [3.8, 4) is 11.8 Å². The summed E-state index contributed by atoms with van der Waals surface area (Å²) in [4.78, 5) is 12.4. The second kappa shape index (κ2) is 20.0. The Morgan fingerprint density at radius 1 is 0.878 bits per heavy atom. The van der Waals surface area contributed by atoms with Gasteiger partial charge in [-0.05, 0) is 111 Å². The fraction of sp³-hybridized carbons (Fsp3) is 0.513. The molecule has 6 rings (SSSR count). The highest BCUT2D eigenvalue weighted by molar-refractivity contribution is 7.62. The van der Waals surface area contributed by atoms with Crippen LogP contribution in [0.2, 0.25) is 0 Å². The lowest BCUT2D eigenvalue weighted by molar-refractivity contribution is -0.114. The fourth-order valence-corrected chi connectivity index (χ4v) is 9.85. The minimum Gasteiger partial charge on any atom is -0.377 e. The Kier molecular flexibility index (Phi) is 20.4. The van der Waals surface area contributed by atoms with Crippen molar-refractivity contribution in [3.63, 3.8) is 0 Å². The van der Waals surface area contributed by atoms with Gasteiger partial charge >= 0.3 is 7.60 Å². The van der Waals surface area contributed by atoms with E-state index in [-0.39, 0.29) is 88.0 Å². The van der Waals surface area contributed by atoms with Crippen LogP contribution in [0.25, 0.3) is 0 Å². The molecule has 0 unspecified atom stereocenters. The Labute approximate surface area is 324 Å². The summed E-state index contributed by atoms with van der Waals surface area (Å²) in [5.74, 6) is 7.60. The third-order valence-electron chi connectivity index (χ3n) is 10.3. The monoisotopic (exact) mass is 768 g/mol. The van der Waals surface area contributed by atoms with E-state index in [1.165, 1.54) is 16.7 Å². The van der Waals surface area contributed by atoms with Crippen molar-refractivity contribution in [2.75, 3.05) is 13.2 Å². The SMILES string of the molecule is C.C.C.CCOP(=O)(OCC)c1ccc([C@H]2C[C@@]3(C)[C@@H](CC[C@@]3(O)C#Cc3ccccc3)[C@@H]3CCC4=CC(=O)CCC4=C32)cc1.S.S.S.S. The molecule has 276 valence electrons. The third-order valence-corrected chi connectivity index (χ3v) is 12.4. The van der Waals surface area contributed by atoms with E-state index >= 15 is 0 Å². The zero-order valence-electron chi connectivity index (χ0n) is 26.9. The molecule has 0 spiro atoms. The van der Waals surface area contributed by atoms with E-state index in [0.717, 1.165) is 43.2 Å². The standard InChI is InChI=1S/C36H41O5P.3CH4.4H2S/c1-4-40-42(39,41-5-2)29-15-11-26(12-16-29)32-24-35(3)33(20-22-36(35,38)21-19-25-9-7-6-8-10-25)31-17-13-27-23-28(37)14-18-30(27)34(31)32;;;;;;;/h6-12,15-16,23,31-33,38H,4-5,13-14,17-18,20,22,24H2,1-3H3;3*1H4;4*1H2/t31-,32+,33-,35-,36-;;;;;;;/m0......./s1. The minimum absolute atomic E-state index is 0. The van der Waals surface area contributed by atoms with Crippen molar-refractivity contribution in [2.45, 2.75) is 99.5 Å². The van der Waals surface area contributed by atoms with Gasteiger partial charge in [0, 0.05) is 23.3 Å². The van der Waals surface area contributed by atoms with E-state index in [9.17, 15) is 14.5 Å². The van der Waals surface area contributed by atoms with Gasteiger partial charge in [0.1, 0.15) is 5.60 Å². The van der Waals surface area contributed by atoms with Crippen molar-refractivity contribution >= 4 is 72.7 Å². The van der Waals surface area contributed by atoms with Crippen LogP contribution < -0.4 is 5.30 Å². The minimum atomic E-state index is -3.40. The molecule has 0 bridgehead atoms. The lowest BCUT2D eigenvalue weighted by Gasteiger charge is -2.53. The van der Waals surface area contributed by atoms with Crippen LogP contribution in [0, 0.1) is 29.1 Å². The maximum atomic E-state index is 13.5. The molecule has 1 N–H and O–H groups in total. The second-order valence-electron chi connectivity index (χ2n) is 12.4. The highest BCUT2D eigenvalue weighted by Gasteiger charge is 2.62. The second-order valence-corrected chi connectivity index (χ2v) is 14.5. The average Bonchev–Trinajstić information content (AvgIpc) is 3.26. The molecule has 0 aliphatic heterocycles. The van der Waals surface area contributed by atoms with Gasteiger partial charge in [-0.1, -0.05) is 76.9 Å². The van der Waals surface area contributed by atoms with Gasteiger partial charge in [0.15, 0.2) is 5.78 Å². The number of carbonyl (C=O) groups is 1. The molecule has 0 radical (unpaired) electrons. The molecule has 0 amide bonds. The molecule has 10 heteroatoms. The first kappa shape index (κ1) is 49.8.